The van der Waals surface area contributed by atoms with Gasteiger partial charge in [-0.1, -0.05) is 6.07 Å². The molecule has 0 saturated carbocycles. The van der Waals surface area contributed by atoms with Crippen LogP contribution in [0.5, 0.6) is 0 Å². The Balaban J connectivity index is 1.90. The van der Waals surface area contributed by atoms with E-state index in [1.807, 2.05) is 35.0 Å². The van der Waals surface area contributed by atoms with E-state index < -0.39 is 0 Å². The van der Waals surface area contributed by atoms with E-state index in [2.05, 4.69) is 4.98 Å². The number of benzene rings is 1. The first kappa shape index (κ1) is 11.9. The Morgan fingerprint density at radius 1 is 1.37 bits per heavy atom. The van der Waals surface area contributed by atoms with Crippen LogP contribution in [-0.2, 0) is 4.79 Å². The van der Waals surface area contributed by atoms with Gasteiger partial charge in [-0.05, 0) is 18.2 Å². The summed E-state index contributed by atoms with van der Waals surface area (Å²) >= 11 is 0. The summed E-state index contributed by atoms with van der Waals surface area (Å²) in [7, 11) is 0. The van der Waals surface area contributed by atoms with E-state index in [4.69, 9.17) is 5.11 Å². The van der Waals surface area contributed by atoms with E-state index in [1.165, 1.54) is 0 Å². The summed E-state index contributed by atoms with van der Waals surface area (Å²) in [5, 5.41) is 9.16. The highest BCUT2D eigenvalue weighted by Crippen LogP contribution is 2.26. The lowest BCUT2D eigenvalue weighted by molar-refractivity contribution is -0.117. The van der Waals surface area contributed by atoms with Crippen molar-refractivity contribution in [1.82, 2.24) is 9.55 Å². The maximum atomic E-state index is 11.9. The lowest BCUT2D eigenvalue weighted by Gasteiger charge is -2.17. The molecule has 3 rings (SSSR count). The van der Waals surface area contributed by atoms with E-state index in [-0.39, 0.29) is 18.4 Å². The maximum Gasteiger partial charge on any atom is 0.227 e. The van der Waals surface area contributed by atoms with Gasteiger partial charge in [0.15, 0.2) is 0 Å². The molecule has 1 aromatic heterocycles. The van der Waals surface area contributed by atoms with Gasteiger partial charge in [-0.15, -0.1) is 0 Å². The van der Waals surface area contributed by atoms with Crippen LogP contribution < -0.4 is 4.90 Å². The minimum atomic E-state index is 0.0457. The second-order valence-electron chi connectivity index (χ2n) is 4.75. The predicted molar refractivity (Wildman–Crippen MR) is 71.1 cm³/mol. The molecule has 1 N–H and O–H groups in total. The number of imidazole rings is 1. The van der Waals surface area contributed by atoms with Crippen molar-refractivity contribution < 1.29 is 9.90 Å². The molecule has 1 aliphatic heterocycles. The minimum absolute atomic E-state index is 0.0457. The summed E-state index contributed by atoms with van der Waals surface area (Å²) in [6.07, 6.45) is 5.73. The van der Waals surface area contributed by atoms with Gasteiger partial charge in [0.05, 0.1) is 6.33 Å². The highest BCUT2D eigenvalue weighted by molar-refractivity contribution is 5.96. The van der Waals surface area contributed by atoms with E-state index in [0.29, 0.717) is 13.0 Å². The van der Waals surface area contributed by atoms with Crippen molar-refractivity contribution in [2.45, 2.75) is 6.42 Å². The largest absolute Gasteiger partial charge is 0.396 e. The van der Waals surface area contributed by atoms with Crippen molar-refractivity contribution in [3.63, 3.8) is 0 Å². The van der Waals surface area contributed by atoms with Gasteiger partial charge < -0.3 is 14.6 Å². The second kappa shape index (κ2) is 4.85. The number of aliphatic hydroxyl groups is 1. The zero-order chi connectivity index (χ0) is 13.2. The number of carbonyl (C=O) groups excluding carboxylic acids is 1. The van der Waals surface area contributed by atoms with Gasteiger partial charge >= 0.3 is 0 Å². The number of amides is 1. The van der Waals surface area contributed by atoms with Crippen molar-refractivity contribution >= 4 is 11.6 Å². The van der Waals surface area contributed by atoms with Crippen LogP contribution in [0, 0.1) is 5.92 Å². The molecule has 0 aliphatic carbocycles. The number of nitrogens with zero attached hydrogens (tertiary/aromatic N) is 3. The fourth-order valence-electron chi connectivity index (χ4n) is 2.39. The van der Waals surface area contributed by atoms with Crippen LogP contribution >= 0.6 is 0 Å². The molecule has 1 amide bonds. The van der Waals surface area contributed by atoms with Crippen LogP contribution in [0.25, 0.3) is 5.69 Å². The first-order valence-electron chi connectivity index (χ1n) is 6.27. The smallest absolute Gasteiger partial charge is 0.227 e. The first-order chi connectivity index (χ1) is 9.28. The number of hydrogen-bond acceptors (Lipinski definition) is 3. The average molecular weight is 257 g/mol. The van der Waals surface area contributed by atoms with E-state index in [0.717, 1.165) is 11.4 Å². The van der Waals surface area contributed by atoms with E-state index >= 15 is 0 Å². The van der Waals surface area contributed by atoms with E-state index in [1.54, 1.807) is 17.4 Å². The normalized spacial score (nSPS) is 19.1. The molecule has 2 heterocycles. The summed E-state index contributed by atoms with van der Waals surface area (Å²) in [6.45, 7) is 0.645. The Bertz CT molecular complexity index is 580. The summed E-state index contributed by atoms with van der Waals surface area (Å²) in [6, 6.07) is 7.76. The monoisotopic (exact) mass is 257 g/mol. The van der Waals surface area contributed by atoms with Crippen molar-refractivity contribution in [3.8, 4) is 5.69 Å². The molecule has 5 nitrogen and oxygen atoms in total. The van der Waals surface area contributed by atoms with E-state index in [9.17, 15) is 4.79 Å². The number of aliphatic hydroxyl groups excluding tert-OH is 1. The summed E-state index contributed by atoms with van der Waals surface area (Å²) in [5.41, 5.74) is 1.84. The topological polar surface area (TPSA) is 58.4 Å². The standard InChI is InChI=1S/C14H15N3O2/c18-9-11-6-14(19)17(8-11)13-3-1-2-12(7-13)16-5-4-15-10-16/h1-5,7,10-11,18H,6,8-9H2. The molecule has 0 bridgehead atoms. The van der Waals surface area contributed by atoms with Gasteiger partial charge in [-0.25, -0.2) is 4.98 Å². The van der Waals surface area contributed by atoms with Crippen molar-refractivity contribution in [2.75, 3.05) is 18.1 Å². The summed E-state index contributed by atoms with van der Waals surface area (Å²) in [5.74, 6) is 0.117. The second-order valence-corrected chi connectivity index (χ2v) is 4.75. The molecule has 1 aliphatic rings. The number of anilines is 1. The molecule has 0 spiro atoms. The molecule has 1 saturated heterocycles. The van der Waals surface area contributed by atoms with Gasteiger partial charge in [-0.3, -0.25) is 4.79 Å². The molecule has 1 unspecified atom stereocenters. The Hall–Kier alpha value is -2.14. The number of carbonyl (C=O) groups is 1. The van der Waals surface area contributed by atoms with Crippen LogP contribution in [0.4, 0.5) is 5.69 Å². The van der Waals surface area contributed by atoms with Gasteiger partial charge in [-0.2, -0.15) is 0 Å². The predicted octanol–water partition coefficient (Wildman–Crippen LogP) is 1.22. The third-order valence-corrected chi connectivity index (χ3v) is 3.41. The molecule has 0 radical (unpaired) electrons. The number of rotatable bonds is 3. The molecular formula is C14H15N3O2. The van der Waals surface area contributed by atoms with Crippen LogP contribution in [0.15, 0.2) is 43.0 Å². The highest BCUT2D eigenvalue weighted by atomic mass is 16.3. The van der Waals surface area contributed by atoms with Gasteiger partial charge in [0.1, 0.15) is 0 Å². The molecule has 1 aromatic carbocycles. The van der Waals surface area contributed by atoms with Crippen molar-refractivity contribution in [2.24, 2.45) is 5.92 Å². The molecule has 98 valence electrons. The van der Waals surface area contributed by atoms with Gasteiger partial charge in [0.2, 0.25) is 5.91 Å². The quantitative estimate of drug-likeness (QED) is 0.899. The molecule has 1 fully saturated rings. The summed E-state index contributed by atoms with van der Waals surface area (Å²) < 4.78 is 1.90. The molecular weight excluding hydrogens is 242 g/mol. The summed E-state index contributed by atoms with van der Waals surface area (Å²) in [4.78, 5) is 17.7. The average Bonchev–Trinajstić information content (AvgIpc) is 3.08. The van der Waals surface area contributed by atoms with Crippen LogP contribution in [-0.4, -0.2) is 33.7 Å². The third kappa shape index (κ3) is 2.24. The fourth-order valence-corrected chi connectivity index (χ4v) is 2.39. The maximum absolute atomic E-state index is 11.9. The van der Waals surface area contributed by atoms with Crippen LogP contribution in [0.1, 0.15) is 6.42 Å². The fraction of sp³-hybridized carbons (Fsp3) is 0.286. The van der Waals surface area contributed by atoms with Crippen molar-refractivity contribution in [1.29, 1.82) is 0 Å². The molecule has 1 atom stereocenters. The number of aromatic nitrogens is 2. The van der Waals surface area contributed by atoms with Crippen LogP contribution in [0.2, 0.25) is 0 Å². The Kier molecular flexibility index (Phi) is 3.05. The van der Waals surface area contributed by atoms with Gasteiger partial charge in [0, 0.05) is 49.3 Å². The Morgan fingerprint density at radius 2 is 2.21 bits per heavy atom. The first-order valence-corrected chi connectivity index (χ1v) is 6.27. The number of hydrogen-bond donors (Lipinski definition) is 1. The zero-order valence-electron chi connectivity index (χ0n) is 10.4. The lowest BCUT2D eigenvalue weighted by atomic mass is 10.1. The SMILES string of the molecule is O=C1CC(CO)CN1c1cccc(-n2ccnc2)c1. The third-order valence-electron chi connectivity index (χ3n) is 3.41. The van der Waals surface area contributed by atoms with Crippen molar-refractivity contribution in [3.05, 3.63) is 43.0 Å². The Morgan fingerprint density at radius 3 is 2.89 bits per heavy atom. The highest BCUT2D eigenvalue weighted by Gasteiger charge is 2.30. The molecule has 2 aromatic rings. The van der Waals surface area contributed by atoms with Crippen LogP contribution in [0.3, 0.4) is 0 Å². The minimum Gasteiger partial charge on any atom is -0.396 e. The zero-order valence-corrected chi connectivity index (χ0v) is 10.4. The van der Waals surface area contributed by atoms with Gasteiger partial charge in [0.25, 0.3) is 0 Å². The molecule has 5 heteroatoms. The lowest BCUT2D eigenvalue weighted by Crippen LogP contribution is -2.24. The molecule has 19 heavy (non-hydrogen) atoms. The Labute approximate surface area is 111 Å².